The standard InChI is InChI=1S/C23H26N4O2S/c1-28-20-13-12-18(14-21(20)29-16-17-8-4-2-5-9-17)15-24-27-22(25-26-23(27)30)19-10-6-3-7-11-19/h2,4-5,8-9,12-15,19H,3,6-7,10-11,16H2,1H3,(H,26,30). The molecule has 0 saturated heterocycles. The van der Waals surface area contributed by atoms with Gasteiger partial charge in [-0.3, -0.25) is 5.10 Å². The molecule has 6 nitrogen and oxygen atoms in total. The summed E-state index contributed by atoms with van der Waals surface area (Å²) in [5.74, 6) is 2.69. The molecule has 0 aliphatic heterocycles. The fourth-order valence-corrected chi connectivity index (χ4v) is 3.97. The summed E-state index contributed by atoms with van der Waals surface area (Å²) in [6.45, 7) is 0.469. The van der Waals surface area contributed by atoms with E-state index in [4.69, 9.17) is 21.7 Å². The predicted octanol–water partition coefficient (Wildman–Crippen LogP) is 5.46. The Balaban J connectivity index is 1.54. The lowest BCUT2D eigenvalue weighted by atomic mass is 9.89. The van der Waals surface area contributed by atoms with Crippen molar-refractivity contribution in [1.82, 2.24) is 14.9 Å². The highest BCUT2D eigenvalue weighted by atomic mass is 32.1. The van der Waals surface area contributed by atoms with Gasteiger partial charge < -0.3 is 9.47 Å². The summed E-state index contributed by atoms with van der Waals surface area (Å²) in [6.07, 6.45) is 7.81. The van der Waals surface area contributed by atoms with Crippen LogP contribution in [0.3, 0.4) is 0 Å². The van der Waals surface area contributed by atoms with Crippen molar-refractivity contribution in [2.45, 2.75) is 44.6 Å². The van der Waals surface area contributed by atoms with Gasteiger partial charge in [-0.25, -0.2) is 0 Å². The Morgan fingerprint density at radius 1 is 1.13 bits per heavy atom. The van der Waals surface area contributed by atoms with Crippen molar-refractivity contribution >= 4 is 18.4 Å². The van der Waals surface area contributed by atoms with Crippen LogP contribution >= 0.6 is 12.2 Å². The van der Waals surface area contributed by atoms with E-state index >= 15 is 0 Å². The second kappa shape index (κ2) is 9.71. The van der Waals surface area contributed by atoms with Crippen molar-refractivity contribution in [2.24, 2.45) is 5.10 Å². The Kier molecular flexibility index (Phi) is 6.59. The Bertz CT molecular complexity index is 1050. The molecule has 3 aromatic rings. The van der Waals surface area contributed by atoms with E-state index in [0.29, 0.717) is 28.8 Å². The Hall–Kier alpha value is -2.93. The third-order valence-corrected chi connectivity index (χ3v) is 5.66. The van der Waals surface area contributed by atoms with Gasteiger partial charge in [-0.1, -0.05) is 49.6 Å². The summed E-state index contributed by atoms with van der Waals surface area (Å²) in [5.41, 5.74) is 2.00. The van der Waals surface area contributed by atoms with Crippen molar-refractivity contribution < 1.29 is 9.47 Å². The van der Waals surface area contributed by atoms with Gasteiger partial charge in [0.15, 0.2) is 17.3 Å². The maximum Gasteiger partial charge on any atom is 0.216 e. The van der Waals surface area contributed by atoms with Gasteiger partial charge in [-0.2, -0.15) is 14.9 Å². The Morgan fingerprint density at radius 2 is 1.93 bits per heavy atom. The summed E-state index contributed by atoms with van der Waals surface area (Å²) >= 11 is 5.41. The monoisotopic (exact) mass is 422 g/mol. The summed E-state index contributed by atoms with van der Waals surface area (Å²) < 4.78 is 13.7. The van der Waals surface area contributed by atoms with Gasteiger partial charge >= 0.3 is 0 Å². The lowest BCUT2D eigenvalue weighted by molar-refractivity contribution is 0.284. The summed E-state index contributed by atoms with van der Waals surface area (Å²) in [4.78, 5) is 0. The van der Waals surface area contributed by atoms with Crippen LogP contribution in [-0.4, -0.2) is 28.2 Å². The zero-order chi connectivity index (χ0) is 20.8. The maximum absolute atomic E-state index is 6.00. The van der Waals surface area contributed by atoms with E-state index in [0.717, 1.165) is 29.8 Å². The molecule has 1 N–H and O–H groups in total. The second-order valence-corrected chi connectivity index (χ2v) is 7.85. The quantitative estimate of drug-likeness (QED) is 0.406. The third-order valence-electron chi connectivity index (χ3n) is 5.39. The van der Waals surface area contributed by atoms with Gasteiger partial charge in [-0.15, -0.1) is 0 Å². The molecular formula is C23H26N4O2S. The van der Waals surface area contributed by atoms with Crippen LogP contribution in [0.25, 0.3) is 0 Å². The molecule has 30 heavy (non-hydrogen) atoms. The lowest BCUT2D eigenvalue weighted by Crippen LogP contribution is -2.10. The first-order valence-electron chi connectivity index (χ1n) is 10.3. The third kappa shape index (κ3) is 4.79. The van der Waals surface area contributed by atoms with E-state index in [-0.39, 0.29) is 0 Å². The van der Waals surface area contributed by atoms with Gasteiger partial charge in [0.1, 0.15) is 6.61 Å². The fourth-order valence-electron chi connectivity index (χ4n) is 3.79. The van der Waals surface area contributed by atoms with Gasteiger partial charge in [0.25, 0.3) is 0 Å². The SMILES string of the molecule is COc1ccc(C=Nn2c(C3CCCCC3)n[nH]c2=S)cc1OCc1ccccc1. The minimum atomic E-state index is 0.407. The van der Waals surface area contributed by atoms with E-state index in [2.05, 4.69) is 15.3 Å². The smallest absolute Gasteiger partial charge is 0.216 e. The number of aromatic nitrogens is 3. The average Bonchev–Trinajstić information content (AvgIpc) is 3.18. The van der Waals surface area contributed by atoms with E-state index < -0.39 is 0 Å². The summed E-state index contributed by atoms with van der Waals surface area (Å²) in [6, 6.07) is 15.8. The molecule has 0 atom stereocenters. The fraction of sp³-hybridized carbons (Fsp3) is 0.348. The molecular weight excluding hydrogens is 396 g/mol. The average molecular weight is 423 g/mol. The molecule has 1 heterocycles. The summed E-state index contributed by atoms with van der Waals surface area (Å²) in [7, 11) is 1.64. The van der Waals surface area contributed by atoms with Crippen LogP contribution in [0, 0.1) is 4.77 Å². The van der Waals surface area contributed by atoms with Crippen molar-refractivity contribution in [2.75, 3.05) is 7.11 Å². The normalized spacial score (nSPS) is 14.8. The molecule has 1 aliphatic rings. The van der Waals surface area contributed by atoms with Crippen LogP contribution in [0.5, 0.6) is 11.5 Å². The van der Waals surface area contributed by atoms with Crippen LogP contribution in [0.15, 0.2) is 53.6 Å². The zero-order valence-electron chi connectivity index (χ0n) is 17.1. The number of nitrogens with zero attached hydrogens (tertiary/aromatic N) is 3. The van der Waals surface area contributed by atoms with Crippen LogP contribution < -0.4 is 9.47 Å². The number of ether oxygens (including phenoxy) is 2. The molecule has 156 valence electrons. The molecule has 0 bridgehead atoms. The molecule has 0 amide bonds. The number of H-pyrrole nitrogens is 1. The van der Waals surface area contributed by atoms with Crippen LogP contribution in [0.1, 0.15) is 55.0 Å². The minimum absolute atomic E-state index is 0.407. The van der Waals surface area contributed by atoms with Gasteiger partial charge in [-0.05, 0) is 54.4 Å². The number of methoxy groups -OCH3 is 1. The first-order valence-corrected chi connectivity index (χ1v) is 10.7. The summed E-state index contributed by atoms with van der Waals surface area (Å²) in [5, 5.41) is 12.0. The van der Waals surface area contributed by atoms with Crippen molar-refractivity contribution in [3.63, 3.8) is 0 Å². The molecule has 0 spiro atoms. The first-order chi connectivity index (χ1) is 14.7. The number of benzene rings is 2. The first kappa shape index (κ1) is 20.3. The Morgan fingerprint density at radius 3 is 2.70 bits per heavy atom. The highest BCUT2D eigenvalue weighted by Crippen LogP contribution is 2.32. The van der Waals surface area contributed by atoms with Gasteiger partial charge in [0.05, 0.1) is 13.3 Å². The molecule has 0 unspecified atom stereocenters. The van der Waals surface area contributed by atoms with Crippen LogP contribution in [0.4, 0.5) is 0 Å². The Labute approximate surface area is 181 Å². The second-order valence-electron chi connectivity index (χ2n) is 7.46. The number of hydrogen-bond acceptors (Lipinski definition) is 5. The number of aromatic amines is 1. The highest BCUT2D eigenvalue weighted by molar-refractivity contribution is 7.71. The molecule has 2 aromatic carbocycles. The van der Waals surface area contributed by atoms with E-state index in [1.54, 1.807) is 18.0 Å². The minimum Gasteiger partial charge on any atom is -0.493 e. The van der Waals surface area contributed by atoms with Gasteiger partial charge in [0, 0.05) is 5.92 Å². The zero-order valence-corrected chi connectivity index (χ0v) is 17.9. The molecule has 4 rings (SSSR count). The van der Waals surface area contributed by atoms with Crippen molar-refractivity contribution in [3.05, 3.63) is 70.3 Å². The molecule has 0 radical (unpaired) electrons. The van der Waals surface area contributed by atoms with Crippen molar-refractivity contribution in [1.29, 1.82) is 0 Å². The highest BCUT2D eigenvalue weighted by Gasteiger charge is 2.21. The van der Waals surface area contributed by atoms with Crippen LogP contribution in [-0.2, 0) is 6.61 Å². The van der Waals surface area contributed by atoms with E-state index in [1.165, 1.54) is 19.3 Å². The molecule has 7 heteroatoms. The predicted molar refractivity (Wildman–Crippen MR) is 120 cm³/mol. The number of rotatable bonds is 7. The molecule has 1 fully saturated rings. The molecule has 1 aromatic heterocycles. The largest absolute Gasteiger partial charge is 0.493 e. The maximum atomic E-state index is 6.00. The molecule has 1 saturated carbocycles. The van der Waals surface area contributed by atoms with Gasteiger partial charge in [0.2, 0.25) is 4.77 Å². The van der Waals surface area contributed by atoms with E-state index in [1.807, 2.05) is 48.5 Å². The lowest BCUT2D eigenvalue weighted by Gasteiger charge is -2.19. The number of nitrogens with one attached hydrogen (secondary N) is 1. The van der Waals surface area contributed by atoms with Crippen molar-refractivity contribution in [3.8, 4) is 11.5 Å². The van der Waals surface area contributed by atoms with E-state index in [9.17, 15) is 0 Å². The van der Waals surface area contributed by atoms with Crippen LogP contribution in [0.2, 0.25) is 0 Å². The number of hydrogen-bond donors (Lipinski definition) is 1. The topological polar surface area (TPSA) is 64.4 Å². The molecule has 1 aliphatic carbocycles.